The van der Waals surface area contributed by atoms with Gasteiger partial charge in [0.05, 0.1) is 16.8 Å². The third-order valence-electron chi connectivity index (χ3n) is 13.7. The van der Waals surface area contributed by atoms with Gasteiger partial charge in [-0.3, -0.25) is 0 Å². The molecule has 0 saturated heterocycles. The molecule has 0 amide bonds. The van der Waals surface area contributed by atoms with Gasteiger partial charge in [-0.15, -0.1) is 0 Å². The van der Waals surface area contributed by atoms with Crippen LogP contribution in [-0.4, -0.2) is 0 Å². The van der Waals surface area contributed by atoms with Crippen LogP contribution >= 0.6 is 0 Å². The summed E-state index contributed by atoms with van der Waals surface area (Å²) in [5.74, 6) is 0. The first-order valence-electron chi connectivity index (χ1n) is 21.6. The average Bonchev–Trinajstić information content (AvgIpc) is 3.82. The highest BCUT2D eigenvalue weighted by Crippen LogP contribution is 2.63. The number of hydrogen-bond donors (Lipinski definition) is 0. The predicted molar refractivity (Wildman–Crippen MR) is 261 cm³/mol. The summed E-state index contributed by atoms with van der Waals surface area (Å²) in [4.78, 5) is 2.55. The van der Waals surface area contributed by atoms with E-state index in [4.69, 9.17) is 0 Å². The summed E-state index contributed by atoms with van der Waals surface area (Å²) in [6, 6.07) is 87.9. The number of benzene rings is 11. The molecule has 1 spiro atoms. The fourth-order valence-electron chi connectivity index (χ4n) is 11.1. The molecule has 0 bridgehead atoms. The van der Waals surface area contributed by atoms with Crippen molar-refractivity contribution in [3.63, 3.8) is 0 Å². The topological polar surface area (TPSA) is 3.24 Å². The summed E-state index contributed by atoms with van der Waals surface area (Å²) in [5, 5.41) is 7.52. The largest absolute Gasteiger partial charge is 0.309 e. The lowest BCUT2D eigenvalue weighted by atomic mass is 9.70. The minimum absolute atomic E-state index is 0.463. The second-order valence-corrected chi connectivity index (χ2v) is 16.7. The summed E-state index contributed by atoms with van der Waals surface area (Å²) in [7, 11) is 0. The summed E-state index contributed by atoms with van der Waals surface area (Å²) in [5.41, 5.74) is 18.3. The van der Waals surface area contributed by atoms with E-state index in [-0.39, 0.29) is 0 Å². The zero-order valence-corrected chi connectivity index (χ0v) is 34.0. The lowest BCUT2D eigenvalue weighted by Crippen LogP contribution is -2.26. The van der Waals surface area contributed by atoms with Gasteiger partial charge in [0, 0.05) is 16.6 Å². The van der Waals surface area contributed by atoms with E-state index in [1.807, 2.05) is 0 Å². The highest BCUT2D eigenvalue weighted by molar-refractivity contribution is 6.29. The molecular weight excluding hydrogens is 747 g/mol. The van der Waals surface area contributed by atoms with E-state index in [2.05, 4.69) is 241 Å². The Labute approximate surface area is 361 Å². The van der Waals surface area contributed by atoms with E-state index in [9.17, 15) is 0 Å². The molecular formula is C61H39N. The molecule has 0 aromatic heterocycles. The smallest absolute Gasteiger partial charge is 0.0726 e. The summed E-state index contributed by atoms with van der Waals surface area (Å²) < 4.78 is 0. The maximum Gasteiger partial charge on any atom is 0.0726 e. The molecule has 11 aromatic rings. The Bertz CT molecular complexity index is 3470. The molecule has 0 unspecified atom stereocenters. The number of rotatable bonds is 5. The molecule has 0 N–H and O–H groups in total. The van der Waals surface area contributed by atoms with Crippen LogP contribution in [0.2, 0.25) is 0 Å². The normalized spacial score (nSPS) is 13.0. The predicted octanol–water partition coefficient (Wildman–Crippen LogP) is 16.3. The molecule has 0 fully saturated rings. The second-order valence-electron chi connectivity index (χ2n) is 16.7. The Kier molecular flexibility index (Phi) is 7.59. The molecule has 0 radical (unpaired) electrons. The molecule has 62 heavy (non-hydrogen) atoms. The number of fused-ring (bicyclic) bond motifs is 16. The Balaban J connectivity index is 1.12. The molecule has 0 atom stereocenters. The van der Waals surface area contributed by atoms with Crippen LogP contribution in [0.1, 0.15) is 22.3 Å². The van der Waals surface area contributed by atoms with Crippen LogP contribution in [-0.2, 0) is 5.41 Å². The zero-order valence-electron chi connectivity index (χ0n) is 34.0. The molecule has 2 aliphatic rings. The Morgan fingerprint density at radius 3 is 1.29 bits per heavy atom. The van der Waals surface area contributed by atoms with Crippen molar-refractivity contribution in [2.75, 3.05) is 4.90 Å². The van der Waals surface area contributed by atoms with Crippen LogP contribution in [0, 0.1) is 0 Å². The first-order valence-corrected chi connectivity index (χ1v) is 21.6. The Hall–Kier alpha value is -8.00. The lowest BCUT2D eigenvalue weighted by molar-refractivity contribution is 0.793. The van der Waals surface area contributed by atoms with Crippen molar-refractivity contribution in [3.8, 4) is 44.5 Å². The maximum absolute atomic E-state index is 2.55. The van der Waals surface area contributed by atoms with E-state index in [1.54, 1.807) is 0 Å². The van der Waals surface area contributed by atoms with Gasteiger partial charge in [-0.05, 0) is 112 Å². The van der Waals surface area contributed by atoms with Crippen LogP contribution < -0.4 is 4.90 Å². The SMILES string of the molecule is c1ccc(-c2ccc(-c3ccccc3N(c3ccc4c(c3)C3(c5ccccc5-c5ccccc53)c3ccccc3-4)c3cccc4c5ccccc5c5ccccc5c34)cc2)cc1. The quantitative estimate of drug-likeness (QED) is 0.157. The molecule has 0 heterocycles. The van der Waals surface area contributed by atoms with E-state index in [0.29, 0.717) is 0 Å². The molecule has 1 nitrogen and oxygen atoms in total. The van der Waals surface area contributed by atoms with Crippen molar-refractivity contribution < 1.29 is 0 Å². The second kappa shape index (κ2) is 13.5. The Morgan fingerprint density at radius 2 is 0.677 bits per heavy atom. The summed E-state index contributed by atoms with van der Waals surface area (Å²) >= 11 is 0. The molecule has 13 rings (SSSR count). The third kappa shape index (κ3) is 4.85. The summed E-state index contributed by atoms with van der Waals surface area (Å²) in [6.07, 6.45) is 0. The van der Waals surface area contributed by atoms with Gasteiger partial charge in [0.25, 0.3) is 0 Å². The van der Waals surface area contributed by atoms with Crippen molar-refractivity contribution in [2.24, 2.45) is 0 Å². The van der Waals surface area contributed by atoms with E-state index in [0.717, 1.165) is 17.1 Å². The van der Waals surface area contributed by atoms with Crippen LogP contribution in [0.15, 0.2) is 237 Å². The van der Waals surface area contributed by atoms with Crippen LogP contribution in [0.4, 0.5) is 17.1 Å². The van der Waals surface area contributed by atoms with Gasteiger partial charge in [-0.25, -0.2) is 0 Å². The number of hydrogen-bond acceptors (Lipinski definition) is 1. The molecule has 11 aromatic carbocycles. The number of nitrogens with zero attached hydrogens (tertiary/aromatic N) is 1. The first kappa shape index (κ1) is 34.8. The lowest BCUT2D eigenvalue weighted by Gasteiger charge is -2.33. The van der Waals surface area contributed by atoms with Gasteiger partial charge in [0.15, 0.2) is 0 Å². The molecule has 288 valence electrons. The molecule has 1 heteroatoms. The molecule has 2 aliphatic carbocycles. The maximum atomic E-state index is 2.55. The average molecular weight is 786 g/mol. The van der Waals surface area contributed by atoms with Crippen molar-refractivity contribution in [3.05, 3.63) is 259 Å². The number of anilines is 3. The first-order chi connectivity index (χ1) is 30.8. The molecule has 0 saturated carbocycles. The third-order valence-corrected chi connectivity index (χ3v) is 13.7. The Morgan fingerprint density at radius 1 is 0.258 bits per heavy atom. The fourth-order valence-corrected chi connectivity index (χ4v) is 11.1. The minimum atomic E-state index is -0.463. The van der Waals surface area contributed by atoms with Gasteiger partial charge < -0.3 is 4.90 Å². The van der Waals surface area contributed by atoms with Crippen LogP contribution in [0.3, 0.4) is 0 Å². The van der Waals surface area contributed by atoms with Gasteiger partial charge in [0.1, 0.15) is 0 Å². The van der Waals surface area contributed by atoms with E-state index in [1.165, 1.54) is 99.1 Å². The van der Waals surface area contributed by atoms with Crippen molar-refractivity contribution in [2.45, 2.75) is 5.41 Å². The van der Waals surface area contributed by atoms with Gasteiger partial charge in [-0.1, -0.05) is 212 Å². The zero-order chi connectivity index (χ0) is 40.8. The van der Waals surface area contributed by atoms with E-state index < -0.39 is 5.41 Å². The summed E-state index contributed by atoms with van der Waals surface area (Å²) in [6.45, 7) is 0. The highest BCUT2D eigenvalue weighted by Gasteiger charge is 2.51. The standard InChI is InChI=1S/C61H39N/c1-2-17-40(18-3-1)41-33-35-42(36-34-41)44-19-11-15-31-58(44)62(59-32-16-27-53-47-21-5-4-20-45(47)46-22-6-7-26-52(46)60(53)59)43-37-38-51-50-25-10-14-30-56(50)61(57(51)39-43)54-28-12-8-23-48(54)49-24-9-13-29-55(49)61/h1-39H. The van der Waals surface area contributed by atoms with Crippen molar-refractivity contribution >= 4 is 49.4 Å². The van der Waals surface area contributed by atoms with Crippen molar-refractivity contribution in [1.29, 1.82) is 0 Å². The monoisotopic (exact) mass is 785 g/mol. The fraction of sp³-hybridized carbons (Fsp3) is 0.0164. The molecule has 0 aliphatic heterocycles. The van der Waals surface area contributed by atoms with Gasteiger partial charge >= 0.3 is 0 Å². The van der Waals surface area contributed by atoms with Crippen LogP contribution in [0.25, 0.3) is 76.8 Å². The van der Waals surface area contributed by atoms with Gasteiger partial charge in [0.2, 0.25) is 0 Å². The van der Waals surface area contributed by atoms with Crippen molar-refractivity contribution in [1.82, 2.24) is 0 Å². The van der Waals surface area contributed by atoms with Gasteiger partial charge in [-0.2, -0.15) is 0 Å². The van der Waals surface area contributed by atoms with Crippen LogP contribution in [0.5, 0.6) is 0 Å². The van der Waals surface area contributed by atoms with E-state index >= 15 is 0 Å². The highest BCUT2D eigenvalue weighted by atomic mass is 15.1. The minimum Gasteiger partial charge on any atom is -0.309 e. The number of para-hydroxylation sites is 1.